The first-order valence-electron chi connectivity index (χ1n) is 6.58. The van der Waals surface area contributed by atoms with Gasteiger partial charge in [-0.15, -0.1) is 0 Å². The van der Waals surface area contributed by atoms with Crippen molar-refractivity contribution in [2.75, 3.05) is 13.1 Å². The Hall–Kier alpha value is -1.36. The minimum absolute atomic E-state index is 0.0690. The predicted octanol–water partition coefficient (Wildman–Crippen LogP) is 0.548. The third kappa shape index (κ3) is 2.90. The largest absolute Gasteiger partial charge is 0.341 e. The SMILES string of the molecule is CC(N)C(=O)N1CCCC(Cc2nccn2C)C1. The second-order valence-corrected chi connectivity index (χ2v) is 5.24. The van der Waals surface area contributed by atoms with Gasteiger partial charge in [-0.25, -0.2) is 4.98 Å². The first-order valence-corrected chi connectivity index (χ1v) is 6.58. The van der Waals surface area contributed by atoms with Gasteiger partial charge in [0.2, 0.25) is 5.91 Å². The van der Waals surface area contributed by atoms with Gasteiger partial charge >= 0.3 is 0 Å². The highest BCUT2D eigenvalue weighted by Crippen LogP contribution is 2.20. The number of nitrogens with two attached hydrogens (primary N) is 1. The molecule has 0 aliphatic carbocycles. The van der Waals surface area contributed by atoms with Crippen molar-refractivity contribution >= 4 is 5.91 Å². The Kier molecular flexibility index (Phi) is 4.01. The number of likely N-dealkylation sites (tertiary alicyclic amines) is 1. The van der Waals surface area contributed by atoms with Crippen molar-refractivity contribution in [3.05, 3.63) is 18.2 Å². The quantitative estimate of drug-likeness (QED) is 0.852. The van der Waals surface area contributed by atoms with Gasteiger partial charge in [0.25, 0.3) is 0 Å². The molecular weight excluding hydrogens is 228 g/mol. The zero-order valence-corrected chi connectivity index (χ0v) is 11.2. The van der Waals surface area contributed by atoms with E-state index in [9.17, 15) is 4.79 Å². The minimum Gasteiger partial charge on any atom is -0.341 e. The average molecular weight is 250 g/mol. The molecular formula is C13H22N4O. The lowest BCUT2D eigenvalue weighted by molar-refractivity contribution is -0.134. The summed E-state index contributed by atoms with van der Waals surface area (Å²) < 4.78 is 2.05. The van der Waals surface area contributed by atoms with Gasteiger partial charge in [-0.3, -0.25) is 4.79 Å². The maximum atomic E-state index is 11.9. The van der Waals surface area contributed by atoms with Crippen LogP contribution in [0.1, 0.15) is 25.6 Å². The summed E-state index contributed by atoms with van der Waals surface area (Å²) in [5.74, 6) is 1.66. The van der Waals surface area contributed by atoms with Crippen molar-refractivity contribution in [1.82, 2.24) is 14.5 Å². The third-order valence-electron chi connectivity index (χ3n) is 3.61. The van der Waals surface area contributed by atoms with E-state index in [0.29, 0.717) is 5.92 Å². The van der Waals surface area contributed by atoms with Crippen molar-refractivity contribution < 1.29 is 4.79 Å². The molecule has 1 aliphatic heterocycles. The van der Waals surface area contributed by atoms with Gasteiger partial charge in [0, 0.05) is 39.0 Å². The average Bonchev–Trinajstić information content (AvgIpc) is 2.74. The number of imidazole rings is 1. The highest BCUT2D eigenvalue weighted by molar-refractivity contribution is 5.81. The van der Waals surface area contributed by atoms with Gasteiger partial charge in [-0.05, 0) is 25.7 Å². The summed E-state index contributed by atoms with van der Waals surface area (Å²) in [4.78, 5) is 18.1. The van der Waals surface area contributed by atoms with Crippen LogP contribution in [0.5, 0.6) is 0 Å². The van der Waals surface area contributed by atoms with E-state index in [1.807, 2.05) is 28.9 Å². The van der Waals surface area contributed by atoms with Crippen LogP contribution in [0.2, 0.25) is 0 Å². The number of carbonyl (C=O) groups is 1. The number of aryl methyl sites for hydroxylation is 1. The molecule has 0 aromatic carbocycles. The Labute approximate surface area is 108 Å². The molecule has 2 heterocycles. The summed E-state index contributed by atoms with van der Waals surface area (Å²) in [6, 6.07) is -0.392. The summed E-state index contributed by atoms with van der Waals surface area (Å²) in [5, 5.41) is 0. The first kappa shape index (κ1) is 13.1. The zero-order valence-electron chi connectivity index (χ0n) is 11.2. The zero-order chi connectivity index (χ0) is 13.1. The molecule has 0 radical (unpaired) electrons. The van der Waals surface area contributed by atoms with Crippen LogP contribution in [0, 0.1) is 5.92 Å². The van der Waals surface area contributed by atoms with Crippen LogP contribution in [-0.4, -0.2) is 39.5 Å². The van der Waals surface area contributed by atoms with Gasteiger partial charge < -0.3 is 15.2 Å². The fourth-order valence-corrected chi connectivity index (χ4v) is 2.57. The Balaban J connectivity index is 1.95. The van der Waals surface area contributed by atoms with E-state index in [1.165, 1.54) is 0 Å². The van der Waals surface area contributed by atoms with E-state index in [4.69, 9.17) is 5.73 Å². The van der Waals surface area contributed by atoms with Gasteiger partial charge in [-0.1, -0.05) is 0 Å². The lowest BCUT2D eigenvalue weighted by Crippen LogP contribution is -2.47. The molecule has 100 valence electrons. The number of rotatable bonds is 3. The molecule has 0 spiro atoms. The number of aromatic nitrogens is 2. The molecule has 5 heteroatoms. The summed E-state index contributed by atoms with van der Waals surface area (Å²) >= 11 is 0. The lowest BCUT2D eigenvalue weighted by atomic mass is 9.94. The van der Waals surface area contributed by atoms with Crippen molar-refractivity contribution in [2.45, 2.75) is 32.2 Å². The summed E-state index contributed by atoms with van der Waals surface area (Å²) in [6.45, 7) is 3.41. The molecule has 2 N–H and O–H groups in total. The third-order valence-corrected chi connectivity index (χ3v) is 3.61. The minimum atomic E-state index is -0.392. The number of hydrogen-bond acceptors (Lipinski definition) is 3. The Morgan fingerprint density at radius 3 is 3.06 bits per heavy atom. The highest BCUT2D eigenvalue weighted by atomic mass is 16.2. The van der Waals surface area contributed by atoms with E-state index in [2.05, 4.69) is 4.98 Å². The van der Waals surface area contributed by atoms with Crippen LogP contribution >= 0.6 is 0 Å². The topological polar surface area (TPSA) is 64.2 Å². The van der Waals surface area contributed by atoms with Crippen LogP contribution in [0.15, 0.2) is 12.4 Å². The summed E-state index contributed by atoms with van der Waals surface area (Å²) in [7, 11) is 2.01. The molecule has 5 nitrogen and oxygen atoms in total. The molecule has 1 aliphatic rings. The van der Waals surface area contributed by atoms with Crippen molar-refractivity contribution in [1.29, 1.82) is 0 Å². The molecule has 0 saturated carbocycles. The maximum Gasteiger partial charge on any atom is 0.239 e. The Morgan fingerprint density at radius 2 is 2.44 bits per heavy atom. The van der Waals surface area contributed by atoms with Crippen LogP contribution in [0.4, 0.5) is 0 Å². The summed E-state index contributed by atoms with van der Waals surface area (Å²) in [6.07, 6.45) is 6.95. The molecule has 1 aromatic heterocycles. The normalized spacial score (nSPS) is 21.9. The molecule has 2 rings (SSSR count). The molecule has 2 unspecified atom stereocenters. The number of carbonyl (C=O) groups excluding carboxylic acids is 1. The van der Waals surface area contributed by atoms with Gasteiger partial charge in [0.15, 0.2) is 0 Å². The number of piperidine rings is 1. The summed E-state index contributed by atoms with van der Waals surface area (Å²) in [5.41, 5.74) is 5.66. The molecule has 1 amide bonds. The second kappa shape index (κ2) is 5.52. The number of amides is 1. The molecule has 1 aromatic rings. The van der Waals surface area contributed by atoms with E-state index >= 15 is 0 Å². The maximum absolute atomic E-state index is 11.9. The van der Waals surface area contributed by atoms with Crippen molar-refractivity contribution in [2.24, 2.45) is 18.7 Å². The lowest BCUT2D eigenvalue weighted by Gasteiger charge is -2.33. The smallest absolute Gasteiger partial charge is 0.239 e. The monoisotopic (exact) mass is 250 g/mol. The van der Waals surface area contributed by atoms with Gasteiger partial charge in [0.1, 0.15) is 5.82 Å². The highest BCUT2D eigenvalue weighted by Gasteiger charge is 2.26. The van der Waals surface area contributed by atoms with Crippen molar-refractivity contribution in [3.63, 3.8) is 0 Å². The molecule has 2 atom stereocenters. The Morgan fingerprint density at radius 1 is 1.67 bits per heavy atom. The molecule has 1 fully saturated rings. The van der Waals surface area contributed by atoms with Crippen LogP contribution in [0.25, 0.3) is 0 Å². The van der Waals surface area contributed by atoms with E-state index in [1.54, 1.807) is 6.92 Å². The van der Waals surface area contributed by atoms with Crippen LogP contribution in [-0.2, 0) is 18.3 Å². The van der Waals surface area contributed by atoms with E-state index in [0.717, 1.165) is 38.2 Å². The van der Waals surface area contributed by atoms with E-state index < -0.39 is 6.04 Å². The van der Waals surface area contributed by atoms with E-state index in [-0.39, 0.29) is 5.91 Å². The van der Waals surface area contributed by atoms with Crippen molar-refractivity contribution in [3.8, 4) is 0 Å². The fraction of sp³-hybridized carbons (Fsp3) is 0.692. The fourth-order valence-electron chi connectivity index (χ4n) is 2.57. The second-order valence-electron chi connectivity index (χ2n) is 5.24. The standard InChI is InChI=1S/C13H22N4O/c1-10(14)13(18)17-6-3-4-11(9-17)8-12-15-5-7-16(12)2/h5,7,10-11H,3-4,6,8-9,14H2,1-2H3. The number of nitrogens with zero attached hydrogens (tertiary/aromatic N) is 3. The van der Waals surface area contributed by atoms with Gasteiger partial charge in [-0.2, -0.15) is 0 Å². The first-order chi connectivity index (χ1) is 8.58. The molecule has 1 saturated heterocycles. The van der Waals surface area contributed by atoms with Crippen LogP contribution < -0.4 is 5.73 Å². The molecule has 0 bridgehead atoms. The predicted molar refractivity (Wildman–Crippen MR) is 69.9 cm³/mol. The number of hydrogen-bond donors (Lipinski definition) is 1. The van der Waals surface area contributed by atoms with Gasteiger partial charge in [0.05, 0.1) is 6.04 Å². The Bertz CT molecular complexity index is 413. The van der Waals surface area contributed by atoms with Crippen LogP contribution in [0.3, 0.4) is 0 Å². The molecule has 18 heavy (non-hydrogen) atoms.